The van der Waals surface area contributed by atoms with Crippen LogP contribution in [0.15, 0.2) is 53.4 Å². The summed E-state index contributed by atoms with van der Waals surface area (Å²) in [7, 11) is 0. The number of hydrogen-bond acceptors (Lipinski definition) is 2. The lowest BCUT2D eigenvalue weighted by Gasteiger charge is -2.07. The van der Waals surface area contributed by atoms with E-state index in [0.717, 1.165) is 17.8 Å². The largest absolute Gasteiger partial charge is 0.381 e. The Balaban J connectivity index is 1.95. The molecular formula is C15H16NS. The Labute approximate surface area is 107 Å². The van der Waals surface area contributed by atoms with Crippen LogP contribution in [-0.4, -0.2) is 6.26 Å². The zero-order valence-electron chi connectivity index (χ0n) is 9.94. The van der Waals surface area contributed by atoms with Crippen LogP contribution in [0.5, 0.6) is 0 Å². The highest BCUT2D eigenvalue weighted by Gasteiger charge is 1.95. The summed E-state index contributed by atoms with van der Waals surface area (Å²) >= 11 is 1.76. The van der Waals surface area contributed by atoms with Crippen LogP contribution >= 0.6 is 11.8 Å². The van der Waals surface area contributed by atoms with Gasteiger partial charge in [0.1, 0.15) is 0 Å². The zero-order chi connectivity index (χ0) is 12.1. The summed E-state index contributed by atoms with van der Waals surface area (Å²) < 4.78 is 0. The van der Waals surface area contributed by atoms with Gasteiger partial charge in [-0.1, -0.05) is 24.3 Å². The van der Waals surface area contributed by atoms with Gasteiger partial charge in [-0.2, -0.15) is 0 Å². The van der Waals surface area contributed by atoms with Crippen molar-refractivity contribution in [1.29, 1.82) is 0 Å². The van der Waals surface area contributed by atoms with E-state index in [1.165, 1.54) is 10.5 Å². The summed E-state index contributed by atoms with van der Waals surface area (Å²) in [5, 5.41) is 3.40. The summed E-state index contributed by atoms with van der Waals surface area (Å²) in [6.07, 6.45) is 2.09. The van der Waals surface area contributed by atoms with Crippen molar-refractivity contribution in [2.75, 3.05) is 11.6 Å². The van der Waals surface area contributed by atoms with E-state index in [-0.39, 0.29) is 0 Å². The summed E-state index contributed by atoms with van der Waals surface area (Å²) in [6.45, 7) is 4.72. The van der Waals surface area contributed by atoms with Crippen molar-refractivity contribution in [1.82, 2.24) is 0 Å². The third-order valence-electron chi connectivity index (χ3n) is 2.61. The smallest absolute Gasteiger partial charge is 0.0400 e. The summed E-state index contributed by atoms with van der Waals surface area (Å²) in [5.74, 6) is 0. The lowest BCUT2D eigenvalue weighted by molar-refractivity contribution is 1.14. The minimum absolute atomic E-state index is 0.846. The maximum Gasteiger partial charge on any atom is 0.0400 e. The minimum Gasteiger partial charge on any atom is -0.381 e. The van der Waals surface area contributed by atoms with Crippen molar-refractivity contribution in [3.05, 3.63) is 66.6 Å². The van der Waals surface area contributed by atoms with Gasteiger partial charge >= 0.3 is 0 Å². The van der Waals surface area contributed by atoms with Crippen molar-refractivity contribution in [3.8, 4) is 0 Å². The molecule has 2 heteroatoms. The predicted octanol–water partition coefficient (Wildman–Crippen LogP) is 4.20. The van der Waals surface area contributed by atoms with Gasteiger partial charge in [-0.3, -0.25) is 0 Å². The molecular weight excluding hydrogens is 226 g/mol. The highest BCUT2D eigenvalue weighted by atomic mass is 32.2. The van der Waals surface area contributed by atoms with Crippen molar-refractivity contribution < 1.29 is 0 Å². The van der Waals surface area contributed by atoms with Gasteiger partial charge in [-0.25, -0.2) is 0 Å². The van der Waals surface area contributed by atoms with Gasteiger partial charge in [0, 0.05) is 17.1 Å². The summed E-state index contributed by atoms with van der Waals surface area (Å²) in [6, 6.07) is 16.8. The fourth-order valence-electron chi connectivity index (χ4n) is 1.57. The fraction of sp³-hybridized carbons (Fsp3) is 0.133. The van der Waals surface area contributed by atoms with Crippen LogP contribution in [0.4, 0.5) is 5.69 Å². The number of rotatable bonds is 4. The number of benzene rings is 2. The average Bonchev–Trinajstić information content (AvgIpc) is 2.39. The molecule has 0 saturated carbocycles. The Morgan fingerprint density at radius 2 is 1.65 bits per heavy atom. The Hall–Kier alpha value is -1.41. The molecule has 17 heavy (non-hydrogen) atoms. The van der Waals surface area contributed by atoms with Crippen LogP contribution in [0, 0.1) is 6.92 Å². The molecule has 0 atom stereocenters. The number of nitrogens with one attached hydrogen (secondary N) is 1. The molecule has 0 aromatic heterocycles. The first-order chi connectivity index (χ1) is 8.28. The lowest BCUT2D eigenvalue weighted by Crippen LogP contribution is -1.98. The van der Waals surface area contributed by atoms with Crippen LogP contribution < -0.4 is 5.32 Å². The molecule has 1 radical (unpaired) electrons. The van der Waals surface area contributed by atoms with Crippen LogP contribution in [0.2, 0.25) is 0 Å². The maximum atomic E-state index is 3.88. The van der Waals surface area contributed by atoms with Gasteiger partial charge in [0.2, 0.25) is 0 Å². The van der Waals surface area contributed by atoms with Gasteiger partial charge in [0.15, 0.2) is 0 Å². The molecule has 2 rings (SSSR count). The summed E-state index contributed by atoms with van der Waals surface area (Å²) in [4.78, 5) is 1.29. The minimum atomic E-state index is 0.846. The highest BCUT2D eigenvalue weighted by Crippen LogP contribution is 2.18. The lowest BCUT2D eigenvalue weighted by atomic mass is 10.1. The second kappa shape index (κ2) is 5.78. The molecule has 1 nitrogen and oxygen atoms in total. The standard InChI is InChI=1S/C15H16NS/c1-12-3-5-13(6-4-12)11-16-14-7-9-15(17-2)10-8-14/h3-10,16H,1,11H2,2H3. The van der Waals surface area contributed by atoms with Crippen molar-refractivity contribution in [3.63, 3.8) is 0 Å². The molecule has 0 aliphatic heterocycles. The van der Waals surface area contributed by atoms with E-state index in [1.807, 2.05) is 12.1 Å². The topological polar surface area (TPSA) is 12.0 Å². The van der Waals surface area contributed by atoms with Crippen LogP contribution in [0.3, 0.4) is 0 Å². The van der Waals surface area contributed by atoms with E-state index < -0.39 is 0 Å². The number of hydrogen-bond donors (Lipinski definition) is 1. The second-order valence-corrected chi connectivity index (χ2v) is 4.78. The number of thioether (sulfide) groups is 1. The van der Waals surface area contributed by atoms with Crippen molar-refractivity contribution in [2.24, 2.45) is 0 Å². The molecule has 0 saturated heterocycles. The molecule has 0 unspecified atom stereocenters. The van der Waals surface area contributed by atoms with Crippen LogP contribution in [-0.2, 0) is 6.54 Å². The van der Waals surface area contributed by atoms with E-state index >= 15 is 0 Å². The molecule has 0 aliphatic carbocycles. The third kappa shape index (κ3) is 3.53. The third-order valence-corrected chi connectivity index (χ3v) is 3.35. The van der Waals surface area contributed by atoms with E-state index in [9.17, 15) is 0 Å². The average molecular weight is 242 g/mol. The normalized spacial score (nSPS) is 10.2. The molecule has 87 valence electrons. The molecule has 1 N–H and O–H groups in total. The first-order valence-electron chi connectivity index (χ1n) is 5.57. The monoisotopic (exact) mass is 242 g/mol. The molecule has 0 amide bonds. The molecule has 2 aromatic carbocycles. The van der Waals surface area contributed by atoms with Crippen molar-refractivity contribution in [2.45, 2.75) is 11.4 Å². The fourth-order valence-corrected chi connectivity index (χ4v) is 1.98. The molecule has 2 aromatic rings. The molecule has 0 heterocycles. The van der Waals surface area contributed by atoms with Crippen LogP contribution in [0.1, 0.15) is 11.1 Å². The van der Waals surface area contributed by atoms with Crippen LogP contribution in [0.25, 0.3) is 0 Å². The van der Waals surface area contributed by atoms with E-state index in [0.29, 0.717) is 0 Å². The first-order valence-corrected chi connectivity index (χ1v) is 6.79. The van der Waals surface area contributed by atoms with Gasteiger partial charge in [-0.15, -0.1) is 11.8 Å². The Morgan fingerprint density at radius 3 is 2.24 bits per heavy atom. The highest BCUT2D eigenvalue weighted by molar-refractivity contribution is 7.98. The molecule has 0 aliphatic rings. The molecule has 0 fully saturated rings. The Morgan fingerprint density at radius 1 is 1.00 bits per heavy atom. The first kappa shape index (κ1) is 12.1. The summed E-state index contributed by atoms with van der Waals surface area (Å²) in [5.41, 5.74) is 3.48. The van der Waals surface area contributed by atoms with Gasteiger partial charge in [-0.05, 0) is 48.6 Å². The van der Waals surface area contributed by atoms with E-state index in [4.69, 9.17) is 0 Å². The zero-order valence-corrected chi connectivity index (χ0v) is 10.8. The molecule has 0 spiro atoms. The quantitative estimate of drug-likeness (QED) is 0.806. The second-order valence-electron chi connectivity index (χ2n) is 3.90. The maximum absolute atomic E-state index is 3.88. The molecule has 0 bridgehead atoms. The van der Waals surface area contributed by atoms with E-state index in [2.05, 4.69) is 54.9 Å². The van der Waals surface area contributed by atoms with Gasteiger partial charge in [0.05, 0.1) is 0 Å². The number of anilines is 1. The predicted molar refractivity (Wildman–Crippen MR) is 76.5 cm³/mol. The van der Waals surface area contributed by atoms with Crippen molar-refractivity contribution >= 4 is 17.4 Å². The van der Waals surface area contributed by atoms with E-state index in [1.54, 1.807) is 11.8 Å². The SMILES string of the molecule is [CH2]c1ccc(CNc2ccc(SC)cc2)cc1. The van der Waals surface area contributed by atoms with Gasteiger partial charge < -0.3 is 5.32 Å². The Bertz CT molecular complexity index is 459. The Kier molecular flexibility index (Phi) is 4.10. The van der Waals surface area contributed by atoms with Gasteiger partial charge in [0.25, 0.3) is 0 Å².